The van der Waals surface area contributed by atoms with Gasteiger partial charge in [0.25, 0.3) is 0 Å². The van der Waals surface area contributed by atoms with Crippen molar-refractivity contribution in [2.24, 2.45) is 5.41 Å². The molecule has 0 aromatic carbocycles. The maximum absolute atomic E-state index is 10.5. The Morgan fingerprint density at radius 1 is 1.17 bits per heavy atom. The molecule has 23 heavy (non-hydrogen) atoms. The molecule has 0 radical (unpaired) electrons. The maximum atomic E-state index is 10.5. The monoisotopic (exact) mass is 339 g/mol. The molecule has 1 atom stereocenters. The molecule has 1 N–H and O–H groups in total. The molecule has 1 aromatic heterocycles. The van der Waals surface area contributed by atoms with Crippen LogP contribution < -0.4 is 0 Å². The third-order valence-electron chi connectivity index (χ3n) is 3.69. The summed E-state index contributed by atoms with van der Waals surface area (Å²) in [4.78, 5) is 4.57. The number of aromatic nitrogens is 1. The smallest absolute Gasteiger partial charge is 0.147 e. The van der Waals surface area contributed by atoms with E-state index >= 15 is 0 Å². The van der Waals surface area contributed by atoms with E-state index in [1.165, 1.54) is 0 Å². The molecular formula is C18H33NO3Si. The summed E-state index contributed by atoms with van der Waals surface area (Å²) < 4.78 is 11.1. The van der Waals surface area contributed by atoms with Gasteiger partial charge in [-0.1, -0.05) is 46.5 Å². The summed E-state index contributed by atoms with van der Waals surface area (Å²) in [5, 5.41) is 10.5. The molecule has 0 saturated carbocycles. The van der Waals surface area contributed by atoms with E-state index in [0.717, 1.165) is 29.6 Å². The van der Waals surface area contributed by atoms with Crippen molar-refractivity contribution in [3.63, 3.8) is 0 Å². The van der Waals surface area contributed by atoms with E-state index in [-0.39, 0.29) is 12.2 Å². The molecule has 0 spiro atoms. The third kappa shape index (κ3) is 7.57. The molecule has 0 aliphatic heterocycles. The van der Waals surface area contributed by atoms with Crippen molar-refractivity contribution in [2.75, 3.05) is 13.4 Å². The van der Waals surface area contributed by atoms with E-state index in [2.05, 4.69) is 24.6 Å². The molecule has 1 rings (SSSR count). The molecule has 5 heteroatoms. The first-order valence-electron chi connectivity index (χ1n) is 8.31. The first-order valence-corrected chi connectivity index (χ1v) is 12.0. The number of aryl methyl sites for hydroxylation is 1. The van der Waals surface area contributed by atoms with E-state index in [4.69, 9.17) is 9.47 Å². The highest BCUT2D eigenvalue weighted by atomic mass is 28.3. The second kappa shape index (κ2) is 8.38. The van der Waals surface area contributed by atoms with Crippen molar-refractivity contribution in [2.45, 2.75) is 66.1 Å². The summed E-state index contributed by atoms with van der Waals surface area (Å²) in [6, 6.07) is 5.07. The molecule has 1 unspecified atom stereocenters. The molecule has 1 heterocycles. The Kier molecular flexibility index (Phi) is 7.39. The van der Waals surface area contributed by atoms with E-state index in [1.807, 2.05) is 39.8 Å². The van der Waals surface area contributed by atoms with Gasteiger partial charge in [0.2, 0.25) is 0 Å². The van der Waals surface area contributed by atoms with Gasteiger partial charge in [-0.3, -0.25) is 4.98 Å². The highest BCUT2D eigenvalue weighted by molar-refractivity contribution is 6.76. The lowest BCUT2D eigenvalue weighted by Gasteiger charge is -2.26. The molecule has 0 amide bonds. The quantitative estimate of drug-likeness (QED) is 0.436. The minimum Gasteiger partial charge on any atom is -0.386 e. The number of ether oxygens (including phenoxy) is 2. The van der Waals surface area contributed by atoms with Crippen molar-refractivity contribution < 1.29 is 14.6 Å². The maximum Gasteiger partial charge on any atom is 0.147 e. The van der Waals surface area contributed by atoms with Crippen LogP contribution in [0.25, 0.3) is 0 Å². The van der Waals surface area contributed by atoms with Gasteiger partial charge in [0.05, 0.1) is 18.0 Å². The van der Waals surface area contributed by atoms with Gasteiger partial charge in [-0.15, -0.1) is 0 Å². The van der Waals surface area contributed by atoms with Gasteiger partial charge < -0.3 is 14.6 Å². The summed E-state index contributed by atoms with van der Waals surface area (Å²) in [7, 11) is -1.05. The van der Waals surface area contributed by atoms with Crippen molar-refractivity contribution in [3.05, 3.63) is 29.1 Å². The van der Waals surface area contributed by atoms with Gasteiger partial charge in [0.15, 0.2) is 0 Å². The molecule has 132 valence electrons. The van der Waals surface area contributed by atoms with Gasteiger partial charge in [-0.2, -0.15) is 0 Å². The highest BCUT2D eigenvalue weighted by Gasteiger charge is 2.26. The first-order chi connectivity index (χ1) is 10.5. The largest absolute Gasteiger partial charge is 0.386 e. The Hall–Kier alpha value is -0.753. The van der Waals surface area contributed by atoms with Crippen molar-refractivity contribution in [1.82, 2.24) is 4.98 Å². The fourth-order valence-electron chi connectivity index (χ4n) is 2.00. The van der Waals surface area contributed by atoms with E-state index in [9.17, 15) is 5.11 Å². The lowest BCUT2D eigenvalue weighted by Crippen LogP contribution is -2.22. The number of nitrogens with zero attached hydrogens (tertiary/aromatic N) is 1. The highest BCUT2D eigenvalue weighted by Crippen LogP contribution is 2.33. The fourth-order valence-corrected chi connectivity index (χ4v) is 2.75. The Labute approximate surface area is 142 Å². The fraction of sp³-hybridized carbons (Fsp3) is 0.722. The second-order valence-corrected chi connectivity index (χ2v) is 14.1. The van der Waals surface area contributed by atoms with Crippen LogP contribution in [0, 0.1) is 12.3 Å². The summed E-state index contributed by atoms with van der Waals surface area (Å²) in [5.41, 5.74) is 2.32. The van der Waals surface area contributed by atoms with Crippen LogP contribution >= 0.6 is 0 Å². The van der Waals surface area contributed by atoms with Crippen LogP contribution in [0.1, 0.15) is 43.8 Å². The standard InChI is InChI=1S/C18H33NO3Si/c1-14-8-9-15(19-16(14)17(20)18(2,3)4)12-22-13-21-10-11-23(5,6)7/h8-9,17,20H,10-13H2,1-7H3. The number of aliphatic hydroxyl groups excluding tert-OH is 1. The minimum atomic E-state index is -1.05. The van der Waals surface area contributed by atoms with Crippen LogP contribution in [-0.4, -0.2) is 31.6 Å². The number of aliphatic hydroxyl groups is 1. The Balaban J connectivity index is 2.50. The van der Waals surface area contributed by atoms with Crippen molar-refractivity contribution >= 4 is 8.07 Å². The molecule has 0 aliphatic rings. The van der Waals surface area contributed by atoms with Crippen LogP contribution in [0.3, 0.4) is 0 Å². The van der Waals surface area contributed by atoms with Gasteiger partial charge in [0, 0.05) is 14.7 Å². The first kappa shape index (κ1) is 20.3. The minimum absolute atomic E-state index is 0.239. The van der Waals surface area contributed by atoms with Gasteiger partial charge in [0.1, 0.15) is 12.9 Å². The van der Waals surface area contributed by atoms with Gasteiger partial charge in [-0.25, -0.2) is 0 Å². The van der Waals surface area contributed by atoms with Gasteiger partial charge >= 0.3 is 0 Å². The molecule has 1 aromatic rings. The number of pyridine rings is 1. The predicted molar refractivity (Wildman–Crippen MR) is 97.1 cm³/mol. The van der Waals surface area contributed by atoms with Crippen LogP contribution in [0.15, 0.2) is 12.1 Å². The molecule has 0 bridgehead atoms. The van der Waals surface area contributed by atoms with E-state index in [0.29, 0.717) is 6.61 Å². The molecule has 0 fully saturated rings. The number of hydrogen-bond donors (Lipinski definition) is 1. The van der Waals surface area contributed by atoms with Crippen molar-refractivity contribution in [3.8, 4) is 0 Å². The van der Waals surface area contributed by atoms with E-state index in [1.54, 1.807) is 0 Å². The lowest BCUT2D eigenvalue weighted by molar-refractivity contribution is -0.0584. The normalized spacial score (nSPS) is 14.1. The lowest BCUT2D eigenvalue weighted by atomic mass is 9.85. The van der Waals surface area contributed by atoms with E-state index < -0.39 is 14.2 Å². The zero-order valence-electron chi connectivity index (χ0n) is 15.8. The second-order valence-electron chi connectivity index (χ2n) is 8.46. The predicted octanol–water partition coefficient (Wildman–Crippen LogP) is 4.30. The Bertz CT molecular complexity index is 492. The van der Waals surface area contributed by atoms with Gasteiger partial charge in [-0.05, 0) is 30.0 Å². The average Bonchev–Trinajstić information content (AvgIpc) is 2.41. The molecule has 0 aliphatic carbocycles. The Morgan fingerprint density at radius 3 is 2.39 bits per heavy atom. The van der Waals surface area contributed by atoms with Crippen LogP contribution in [0.2, 0.25) is 25.7 Å². The molecule has 0 saturated heterocycles. The zero-order valence-corrected chi connectivity index (χ0v) is 16.8. The third-order valence-corrected chi connectivity index (χ3v) is 5.39. The summed E-state index contributed by atoms with van der Waals surface area (Å²) in [6.45, 7) is 16.4. The van der Waals surface area contributed by atoms with Crippen LogP contribution in [-0.2, 0) is 16.1 Å². The molecule has 4 nitrogen and oxygen atoms in total. The summed E-state index contributed by atoms with van der Waals surface area (Å²) >= 11 is 0. The number of rotatable bonds is 8. The van der Waals surface area contributed by atoms with Crippen LogP contribution in [0.4, 0.5) is 0 Å². The summed E-state index contributed by atoms with van der Waals surface area (Å²) in [5.74, 6) is 0. The van der Waals surface area contributed by atoms with Crippen molar-refractivity contribution in [1.29, 1.82) is 0 Å². The SMILES string of the molecule is Cc1ccc(COCOCC[Si](C)(C)C)nc1C(O)C(C)(C)C. The summed E-state index contributed by atoms with van der Waals surface area (Å²) in [6.07, 6.45) is -0.588. The topological polar surface area (TPSA) is 51.6 Å². The zero-order chi connectivity index (χ0) is 17.7. The average molecular weight is 340 g/mol. The molecular weight excluding hydrogens is 306 g/mol. The number of hydrogen-bond acceptors (Lipinski definition) is 4. The van der Waals surface area contributed by atoms with Crippen LogP contribution in [0.5, 0.6) is 0 Å². The Morgan fingerprint density at radius 2 is 1.83 bits per heavy atom.